The Kier molecular flexibility index (Phi) is 7.77. The molecule has 32 heavy (non-hydrogen) atoms. The number of rotatable bonds is 9. The van der Waals surface area contributed by atoms with Gasteiger partial charge in [-0.1, -0.05) is 29.8 Å². The second kappa shape index (κ2) is 10.5. The van der Waals surface area contributed by atoms with Crippen LogP contribution in [0, 0.1) is 0 Å². The molecule has 0 atom stereocenters. The molecule has 3 aromatic rings. The summed E-state index contributed by atoms with van der Waals surface area (Å²) in [5.41, 5.74) is 0.987. The van der Waals surface area contributed by atoms with E-state index in [0.717, 1.165) is 5.75 Å². The summed E-state index contributed by atoms with van der Waals surface area (Å²) in [6.07, 6.45) is 0.652. The number of para-hydroxylation sites is 1. The topological polar surface area (TPSA) is 66.9 Å². The molecule has 0 aliphatic heterocycles. The number of ether oxygens (including phenoxy) is 1. The number of carbonyl (C=O) groups excluding carboxylic acids is 1. The molecule has 3 aromatic carbocycles. The highest BCUT2D eigenvalue weighted by Gasteiger charge is 2.22. The Labute approximate surface area is 194 Å². The number of carbonyl (C=O) groups is 1. The van der Waals surface area contributed by atoms with Crippen molar-refractivity contribution in [2.24, 2.45) is 0 Å². The lowest BCUT2D eigenvalue weighted by molar-refractivity contribution is 0.0787. The maximum Gasteiger partial charge on any atom is 0.264 e. The predicted octanol–water partition coefficient (Wildman–Crippen LogP) is 4.71. The van der Waals surface area contributed by atoms with Crippen molar-refractivity contribution in [3.63, 3.8) is 0 Å². The van der Waals surface area contributed by atoms with Crippen LogP contribution in [0.2, 0.25) is 5.02 Å². The van der Waals surface area contributed by atoms with Crippen LogP contribution >= 0.6 is 11.6 Å². The van der Waals surface area contributed by atoms with Crippen molar-refractivity contribution in [3.05, 3.63) is 89.4 Å². The standard InChI is InChI=1S/C24H25ClN2O4S/c1-26(17-6-18-31-22-13-11-20(25)12-14-22)24(28)19-9-15-23(16-10-19)32(29,30)27(2)21-7-4-3-5-8-21/h3-5,7-16H,6,17-18H2,1-2H3. The fraction of sp³-hybridized carbons (Fsp3) is 0.208. The van der Waals surface area contributed by atoms with Crippen molar-refractivity contribution >= 4 is 33.2 Å². The second-order valence-corrected chi connectivity index (χ2v) is 9.62. The van der Waals surface area contributed by atoms with Crippen LogP contribution in [0.5, 0.6) is 5.75 Å². The molecule has 0 aliphatic carbocycles. The quantitative estimate of drug-likeness (QED) is 0.423. The minimum absolute atomic E-state index is 0.124. The highest BCUT2D eigenvalue weighted by Crippen LogP contribution is 2.22. The molecule has 0 radical (unpaired) electrons. The van der Waals surface area contributed by atoms with Crippen molar-refractivity contribution in [3.8, 4) is 5.75 Å². The van der Waals surface area contributed by atoms with Gasteiger partial charge in [0.25, 0.3) is 15.9 Å². The molecule has 168 valence electrons. The van der Waals surface area contributed by atoms with Crippen molar-refractivity contribution < 1.29 is 17.9 Å². The summed E-state index contributed by atoms with van der Waals surface area (Å²) in [6.45, 7) is 0.964. The van der Waals surface area contributed by atoms with Crippen molar-refractivity contribution in [1.82, 2.24) is 4.90 Å². The van der Waals surface area contributed by atoms with Gasteiger partial charge in [-0.05, 0) is 67.1 Å². The monoisotopic (exact) mass is 472 g/mol. The predicted molar refractivity (Wildman–Crippen MR) is 127 cm³/mol. The van der Waals surface area contributed by atoms with Crippen molar-refractivity contribution in [2.45, 2.75) is 11.3 Å². The summed E-state index contributed by atoms with van der Waals surface area (Å²) < 4.78 is 32.6. The average Bonchev–Trinajstić information content (AvgIpc) is 2.82. The number of hydrogen-bond acceptors (Lipinski definition) is 4. The second-order valence-electron chi connectivity index (χ2n) is 7.22. The molecule has 1 amide bonds. The van der Waals surface area contributed by atoms with E-state index in [1.54, 1.807) is 60.5 Å². The molecule has 8 heteroatoms. The zero-order chi connectivity index (χ0) is 23.1. The zero-order valence-corrected chi connectivity index (χ0v) is 19.5. The average molecular weight is 473 g/mol. The van der Waals surface area contributed by atoms with Crippen LogP contribution < -0.4 is 9.04 Å². The first-order valence-corrected chi connectivity index (χ1v) is 11.9. The normalized spacial score (nSPS) is 11.1. The lowest BCUT2D eigenvalue weighted by Gasteiger charge is -2.20. The molecule has 0 unspecified atom stereocenters. The molecule has 0 N–H and O–H groups in total. The minimum atomic E-state index is -3.72. The molecule has 0 aliphatic rings. The van der Waals surface area contributed by atoms with E-state index in [9.17, 15) is 13.2 Å². The summed E-state index contributed by atoms with van der Waals surface area (Å²) in [6, 6.07) is 21.9. The SMILES string of the molecule is CN(CCCOc1ccc(Cl)cc1)C(=O)c1ccc(S(=O)(=O)N(C)c2ccccc2)cc1. The van der Waals surface area contributed by atoms with Crippen molar-refractivity contribution in [1.29, 1.82) is 0 Å². The molecule has 6 nitrogen and oxygen atoms in total. The van der Waals surface area contributed by atoms with Gasteiger partial charge >= 0.3 is 0 Å². The van der Waals surface area contributed by atoms with Crippen LogP contribution in [0.1, 0.15) is 16.8 Å². The third-order valence-corrected chi connectivity index (χ3v) is 7.00. The number of sulfonamides is 1. The van der Waals surface area contributed by atoms with E-state index >= 15 is 0 Å². The third kappa shape index (κ3) is 5.81. The number of anilines is 1. The van der Waals surface area contributed by atoms with E-state index in [-0.39, 0.29) is 10.8 Å². The number of amides is 1. The van der Waals surface area contributed by atoms with Crippen LogP contribution in [-0.4, -0.2) is 46.5 Å². The molecule has 0 heterocycles. The Hall–Kier alpha value is -3.03. The Morgan fingerprint density at radius 1 is 0.906 bits per heavy atom. The number of halogens is 1. The van der Waals surface area contributed by atoms with Crippen LogP contribution in [0.3, 0.4) is 0 Å². The first-order valence-electron chi connectivity index (χ1n) is 10.1. The number of hydrogen-bond donors (Lipinski definition) is 0. The molecular weight excluding hydrogens is 448 g/mol. The van der Waals surface area contributed by atoms with Gasteiger partial charge in [-0.15, -0.1) is 0 Å². The highest BCUT2D eigenvalue weighted by molar-refractivity contribution is 7.92. The zero-order valence-electron chi connectivity index (χ0n) is 17.9. The van der Waals surface area contributed by atoms with E-state index in [1.807, 2.05) is 6.07 Å². The van der Waals surface area contributed by atoms with Crippen LogP contribution in [0.4, 0.5) is 5.69 Å². The fourth-order valence-electron chi connectivity index (χ4n) is 3.05. The van der Waals surface area contributed by atoms with E-state index < -0.39 is 10.0 Å². The van der Waals surface area contributed by atoms with Crippen molar-refractivity contribution in [2.75, 3.05) is 31.6 Å². The van der Waals surface area contributed by atoms with Gasteiger partial charge in [-0.2, -0.15) is 0 Å². The summed E-state index contributed by atoms with van der Waals surface area (Å²) in [5.74, 6) is 0.539. The van der Waals surface area contributed by atoms with E-state index in [2.05, 4.69) is 0 Å². The van der Waals surface area contributed by atoms with Gasteiger partial charge in [0.1, 0.15) is 5.75 Å². The third-order valence-electron chi connectivity index (χ3n) is 4.95. The van der Waals surface area contributed by atoms with Gasteiger partial charge in [-0.3, -0.25) is 9.10 Å². The molecule has 0 spiro atoms. The summed E-state index contributed by atoms with van der Waals surface area (Å²) in [5, 5.41) is 0.646. The van der Waals surface area contributed by atoms with Crippen LogP contribution in [-0.2, 0) is 10.0 Å². The maximum atomic E-state index is 12.9. The smallest absolute Gasteiger partial charge is 0.264 e. The van der Waals surface area contributed by atoms with E-state index in [0.29, 0.717) is 35.8 Å². The van der Waals surface area contributed by atoms with E-state index in [4.69, 9.17) is 16.3 Å². The molecule has 0 bridgehead atoms. The van der Waals surface area contributed by atoms with Gasteiger partial charge in [-0.25, -0.2) is 8.42 Å². The van der Waals surface area contributed by atoms with Crippen LogP contribution in [0.15, 0.2) is 83.8 Å². The Balaban J connectivity index is 1.56. The summed E-state index contributed by atoms with van der Waals surface area (Å²) in [4.78, 5) is 14.4. The maximum absolute atomic E-state index is 12.9. The molecule has 0 saturated carbocycles. The van der Waals surface area contributed by atoms with Gasteiger partial charge in [0.15, 0.2) is 0 Å². The fourth-order valence-corrected chi connectivity index (χ4v) is 4.37. The Morgan fingerprint density at radius 2 is 1.53 bits per heavy atom. The molecule has 0 fully saturated rings. The largest absolute Gasteiger partial charge is 0.494 e. The molecule has 3 rings (SSSR count). The first-order chi connectivity index (χ1) is 15.3. The van der Waals surface area contributed by atoms with E-state index in [1.165, 1.54) is 35.6 Å². The Morgan fingerprint density at radius 3 is 2.16 bits per heavy atom. The van der Waals surface area contributed by atoms with Gasteiger partial charge < -0.3 is 9.64 Å². The van der Waals surface area contributed by atoms with Gasteiger partial charge in [0.2, 0.25) is 0 Å². The summed E-state index contributed by atoms with van der Waals surface area (Å²) in [7, 11) is -0.507. The molecule has 0 aromatic heterocycles. The van der Waals surface area contributed by atoms with Gasteiger partial charge in [0.05, 0.1) is 17.2 Å². The minimum Gasteiger partial charge on any atom is -0.494 e. The summed E-state index contributed by atoms with van der Waals surface area (Å²) >= 11 is 5.85. The lowest BCUT2D eigenvalue weighted by atomic mass is 10.2. The van der Waals surface area contributed by atoms with Crippen LogP contribution in [0.25, 0.3) is 0 Å². The number of nitrogens with zero attached hydrogens (tertiary/aromatic N) is 2. The highest BCUT2D eigenvalue weighted by atomic mass is 35.5. The number of benzene rings is 3. The lowest BCUT2D eigenvalue weighted by Crippen LogP contribution is -2.29. The molecular formula is C24H25ClN2O4S. The first kappa shape index (κ1) is 23.6. The van der Waals surface area contributed by atoms with Gasteiger partial charge in [0, 0.05) is 31.2 Å². The molecule has 0 saturated heterocycles. The Bertz CT molecular complexity index is 1130.